The zero-order valence-corrected chi connectivity index (χ0v) is 43.2. The molecule has 2 aromatic heterocycles. The fourth-order valence-electron chi connectivity index (χ4n) is 11.4. The van der Waals surface area contributed by atoms with Crippen LogP contribution in [0.3, 0.4) is 0 Å². The number of carbonyl (C=O) groups excluding carboxylic acids is 5. The molecule has 3 aromatic carbocycles. The number of benzene rings is 3. The Morgan fingerprint density at radius 3 is 1.84 bits per heavy atom. The summed E-state index contributed by atoms with van der Waals surface area (Å²) in [5.41, 5.74) is 6.47. The lowest BCUT2D eigenvalue weighted by molar-refractivity contribution is -0.136. The maximum absolute atomic E-state index is 14.6. The van der Waals surface area contributed by atoms with E-state index in [1.807, 2.05) is 87.3 Å². The third-order valence-electron chi connectivity index (χ3n) is 15.6. The van der Waals surface area contributed by atoms with Gasteiger partial charge in [0.2, 0.25) is 11.8 Å². The molecule has 75 heavy (non-hydrogen) atoms. The largest absolute Gasteiger partial charge is 0.446 e. The smallest absolute Gasteiger partial charge is 0.410 e. The second kappa shape index (κ2) is 22.3. The van der Waals surface area contributed by atoms with Crippen molar-refractivity contribution in [1.82, 2.24) is 45.3 Å². The average Bonchev–Trinajstić information content (AvgIpc) is 4.26. The van der Waals surface area contributed by atoms with Crippen molar-refractivity contribution in [2.24, 2.45) is 11.8 Å². The lowest BCUT2D eigenvalue weighted by Gasteiger charge is -2.30. The molecule has 18 heteroatoms. The highest BCUT2D eigenvalue weighted by Crippen LogP contribution is 2.37. The molecule has 4 N–H and O–H groups in total. The first-order chi connectivity index (χ1) is 36.3. The van der Waals surface area contributed by atoms with E-state index in [9.17, 15) is 28.4 Å². The minimum Gasteiger partial charge on any atom is -0.446 e. The van der Waals surface area contributed by atoms with Crippen molar-refractivity contribution in [3.63, 3.8) is 0 Å². The summed E-state index contributed by atoms with van der Waals surface area (Å²) >= 11 is 0. The molecule has 4 fully saturated rings. The van der Waals surface area contributed by atoms with Crippen LogP contribution in [0, 0.1) is 17.7 Å². The van der Waals surface area contributed by atoms with Crippen molar-refractivity contribution >= 4 is 30.1 Å². The molecule has 396 valence electrons. The van der Waals surface area contributed by atoms with Gasteiger partial charge in [0.1, 0.15) is 47.9 Å². The van der Waals surface area contributed by atoms with E-state index in [1.165, 1.54) is 11.0 Å². The summed E-state index contributed by atoms with van der Waals surface area (Å²) in [6.07, 6.45) is 10.1. The molecule has 3 aliphatic heterocycles. The summed E-state index contributed by atoms with van der Waals surface area (Å²) < 4.78 is 32.0. The number of hydrogen-bond donors (Lipinski definition) is 4. The molecule has 2 saturated carbocycles. The van der Waals surface area contributed by atoms with Gasteiger partial charge in [-0.25, -0.2) is 28.7 Å². The van der Waals surface area contributed by atoms with Crippen LogP contribution in [0.15, 0.2) is 79.1 Å². The molecule has 5 aromatic rings. The van der Waals surface area contributed by atoms with E-state index in [0.717, 1.165) is 103 Å². The first-order valence-electron chi connectivity index (χ1n) is 26.8. The van der Waals surface area contributed by atoms with Crippen LogP contribution in [0.2, 0.25) is 0 Å². The second-order valence-electron chi connectivity index (χ2n) is 21.5. The fourth-order valence-corrected chi connectivity index (χ4v) is 11.4. The highest BCUT2D eigenvalue weighted by Gasteiger charge is 2.44. The van der Waals surface area contributed by atoms with Gasteiger partial charge in [-0.15, -0.1) is 0 Å². The van der Waals surface area contributed by atoms with E-state index < -0.39 is 42.5 Å². The summed E-state index contributed by atoms with van der Waals surface area (Å²) in [6, 6.07) is 18.5. The quantitative estimate of drug-likeness (QED) is 0.0775. The first kappa shape index (κ1) is 51.3. The van der Waals surface area contributed by atoms with Crippen LogP contribution in [0.25, 0.3) is 33.6 Å². The number of likely N-dealkylation sites (tertiary alicyclic amines) is 2. The van der Waals surface area contributed by atoms with Crippen molar-refractivity contribution < 1.29 is 42.6 Å². The minimum absolute atomic E-state index is 0.0650. The van der Waals surface area contributed by atoms with E-state index in [-0.39, 0.29) is 73.8 Å². The van der Waals surface area contributed by atoms with Gasteiger partial charge >= 0.3 is 18.3 Å². The molecule has 5 amide bonds. The summed E-state index contributed by atoms with van der Waals surface area (Å²) in [4.78, 5) is 89.4. The van der Waals surface area contributed by atoms with E-state index in [0.29, 0.717) is 23.8 Å². The molecule has 0 radical (unpaired) electrons. The summed E-state index contributed by atoms with van der Waals surface area (Å²) in [5, 5.41) is 5.71. The van der Waals surface area contributed by atoms with Crippen LogP contribution in [0.5, 0.6) is 0 Å². The number of nitrogens with one attached hydrogen (secondary N) is 4. The Hall–Kier alpha value is -7.24. The lowest BCUT2D eigenvalue weighted by Crippen LogP contribution is -2.52. The van der Waals surface area contributed by atoms with Gasteiger partial charge in [-0.2, -0.15) is 0 Å². The molecule has 5 aliphatic rings. The van der Waals surface area contributed by atoms with Gasteiger partial charge in [-0.3, -0.25) is 14.5 Å². The fraction of sp³-hybridized carbons (Fsp3) is 0.491. The molecule has 2 aliphatic carbocycles. The number of ether oxygens (including phenoxy) is 3. The lowest BCUT2D eigenvalue weighted by atomic mass is 10.0. The zero-order valence-electron chi connectivity index (χ0n) is 43.2. The van der Waals surface area contributed by atoms with Gasteiger partial charge in [0.15, 0.2) is 0 Å². The number of alkyl carbamates (subject to hydrolysis) is 2. The van der Waals surface area contributed by atoms with E-state index >= 15 is 0 Å². The van der Waals surface area contributed by atoms with Crippen LogP contribution in [-0.2, 0) is 36.9 Å². The van der Waals surface area contributed by atoms with Gasteiger partial charge in [0, 0.05) is 36.8 Å². The summed E-state index contributed by atoms with van der Waals surface area (Å²) in [6.45, 7) is 8.54. The van der Waals surface area contributed by atoms with Crippen molar-refractivity contribution in [1.29, 1.82) is 0 Å². The predicted molar refractivity (Wildman–Crippen MR) is 277 cm³/mol. The van der Waals surface area contributed by atoms with E-state index in [2.05, 4.69) is 20.6 Å². The van der Waals surface area contributed by atoms with E-state index in [4.69, 9.17) is 24.2 Å². The Morgan fingerprint density at radius 2 is 1.24 bits per heavy atom. The number of aromatic nitrogens is 4. The Labute approximate surface area is 436 Å². The van der Waals surface area contributed by atoms with Crippen molar-refractivity contribution in [3.05, 3.63) is 108 Å². The molecule has 0 unspecified atom stereocenters. The van der Waals surface area contributed by atoms with Crippen LogP contribution >= 0.6 is 0 Å². The van der Waals surface area contributed by atoms with Crippen molar-refractivity contribution in [2.45, 2.75) is 154 Å². The molecule has 5 heterocycles. The Balaban J connectivity index is 0.801. The highest BCUT2D eigenvalue weighted by molar-refractivity contribution is 5.87. The third-order valence-corrected chi connectivity index (χ3v) is 15.6. The average molecular weight is 1030 g/mol. The highest BCUT2D eigenvalue weighted by atomic mass is 19.1. The maximum Gasteiger partial charge on any atom is 0.410 e. The molecular formula is C57H68FN9O8. The maximum atomic E-state index is 14.6. The third kappa shape index (κ3) is 11.4. The molecular weight excluding hydrogens is 958 g/mol. The van der Waals surface area contributed by atoms with Gasteiger partial charge in [-0.05, 0) is 104 Å². The number of carbonyl (C=O) groups is 5. The minimum atomic E-state index is -0.910. The summed E-state index contributed by atoms with van der Waals surface area (Å²) in [7, 11) is 0. The standard InChI is InChI=1S/C57H68FN9O8/c1-33(2)49(63-55(70)73-40-12-5-6-13-40)53(68)66-26-10-17-47(66)51-59-28-45(61-51)37-22-18-35(19-23-37)36-20-24-38(25-21-36)46-29-60-52(62-46)48-27-42(75-57(72)65-30-39-11-9-16-44(58)43(39)32-65)31-67(48)54(69)50(34(3)4)64-56(71)74-41-14-7-8-15-41/h9,11,16,18-25,28-29,33-34,40-42,47-50H,5-8,10,12-15,17,26-27,30-32H2,1-4H3,(H,59,61)(H,60,62)(H,63,70)(H,64,71)/t42-,47+,48+,49+,50+/m1/s1. The number of nitrogens with zero attached hydrogens (tertiary/aromatic N) is 5. The molecule has 10 rings (SSSR count). The summed E-state index contributed by atoms with van der Waals surface area (Å²) in [5.74, 6) is -0.0385. The Bertz CT molecular complexity index is 2860. The van der Waals surface area contributed by atoms with Gasteiger partial charge < -0.3 is 44.6 Å². The van der Waals surface area contributed by atoms with Gasteiger partial charge in [0.25, 0.3) is 0 Å². The van der Waals surface area contributed by atoms with E-state index in [1.54, 1.807) is 23.2 Å². The van der Waals surface area contributed by atoms with Crippen molar-refractivity contribution in [3.8, 4) is 33.6 Å². The number of fused-ring (bicyclic) bond motifs is 1. The van der Waals surface area contributed by atoms with Gasteiger partial charge in [-0.1, -0.05) is 88.4 Å². The van der Waals surface area contributed by atoms with Crippen LogP contribution in [0.1, 0.15) is 133 Å². The number of imidazole rings is 2. The predicted octanol–water partition coefficient (Wildman–Crippen LogP) is 10.1. The Kier molecular flexibility index (Phi) is 15.2. The number of rotatable bonds is 14. The number of hydrogen-bond acceptors (Lipinski definition) is 10. The SMILES string of the molecule is CC(C)[C@H](NC(=O)OC1CCCC1)C(=O)N1CCC[C@H]1c1nc(-c2ccc(-c3ccc(-c4cnc([C@@H]5C[C@@H](OC(=O)N6Cc7cccc(F)c7C6)CN5C(=O)[C@@H](NC(=O)OC5CCCC5)C(C)C)[nH]4)cc3)cc2)c[nH]1. The molecule has 5 atom stereocenters. The number of H-pyrrole nitrogens is 2. The monoisotopic (exact) mass is 1030 g/mol. The number of aromatic amines is 2. The Morgan fingerprint density at radius 1 is 0.653 bits per heavy atom. The molecule has 2 saturated heterocycles. The normalized spacial score (nSPS) is 20.7. The zero-order chi connectivity index (χ0) is 52.3. The number of halogens is 1. The first-order valence-corrected chi connectivity index (χ1v) is 26.8. The topological polar surface area (TPSA) is 204 Å². The van der Waals surface area contributed by atoms with Crippen LogP contribution in [-0.4, -0.2) is 108 Å². The second-order valence-corrected chi connectivity index (χ2v) is 21.5. The molecule has 17 nitrogen and oxygen atoms in total. The molecule has 0 spiro atoms. The van der Waals surface area contributed by atoms with Crippen molar-refractivity contribution in [2.75, 3.05) is 13.1 Å². The number of amides is 5. The van der Waals surface area contributed by atoms with Crippen LogP contribution in [0.4, 0.5) is 18.8 Å². The van der Waals surface area contributed by atoms with Crippen LogP contribution < -0.4 is 10.6 Å². The van der Waals surface area contributed by atoms with Gasteiger partial charge in [0.05, 0.1) is 42.8 Å². The molecule has 0 bridgehead atoms.